The van der Waals surface area contributed by atoms with Crippen molar-refractivity contribution in [3.05, 3.63) is 55.4 Å². The summed E-state index contributed by atoms with van der Waals surface area (Å²) in [6.45, 7) is 21.8. The van der Waals surface area contributed by atoms with Gasteiger partial charge in [-0.05, 0) is 115 Å². The predicted octanol–water partition coefficient (Wildman–Crippen LogP) is 10.4. The van der Waals surface area contributed by atoms with Gasteiger partial charge in [-0.1, -0.05) is 82.0 Å². The van der Waals surface area contributed by atoms with Gasteiger partial charge in [0.2, 0.25) is 11.6 Å². The summed E-state index contributed by atoms with van der Waals surface area (Å²) >= 11 is 0. The SMILES string of the molecule is C#CCCOCPC.C=CCCC(=O)C#CCCOCPC.C=CCCC(C)=O.COCCC#CC1CCC(COc2ccc(F)cc2)O1.CPCOCCC#CC(=O)CCC1CO1.CPCOCCC#CC1CCC(CO)O1. The van der Waals surface area contributed by atoms with Gasteiger partial charge in [0.25, 0.3) is 0 Å². The number of rotatable bonds is 31. The van der Waals surface area contributed by atoms with E-state index in [0.29, 0.717) is 83.4 Å². The zero-order valence-electron chi connectivity index (χ0n) is 48.2. The molecule has 0 radical (unpaired) electrons. The summed E-state index contributed by atoms with van der Waals surface area (Å²) in [5.74, 6) is 26.2. The van der Waals surface area contributed by atoms with E-state index in [-0.39, 0.29) is 54.2 Å². The molecule has 3 heterocycles. The van der Waals surface area contributed by atoms with Gasteiger partial charge < -0.3 is 52.5 Å². The summed E-state index contributed by atoms with van der Waals surface area (Å²) in [5.41, 5.74) is 0. The van der Waals surface area contributed by atoms with Crippen LogP contribution in [0.4, 0.5) is 4.39 Å². The molecule has 1 aromatic rings. The van der Waals surface area contributed by atoms with Crippen molar-refractivity contribution >= 4 is 51.7 Å². The van der Waals surface area contributed by atoms with Crippen molar-refractivity contribution in [2.75, 3.05) is 112 Å². The molecule has 9 atom stereocenters. The van der Waals surface area contributed by atoms with E-state index in [4.69, 9.17) is 54.2 Å². The lowest BCUT2D eigenvalue weighted by Gasteiger charge is -2.12. The molecule has 13 nitrogen and oxygen atoms in total. The Morgan fingerprint density at radius 1 is 0.671 bits per heavy atom. The summed E-state index contributed by atoms with van der Waals surface area (Å²) in [7, 11) is 5.02. The van der Waals surface area contributed by atoms with Crippen molar-refractivity contribution in [1.29, 1.82) is 0 Å². The second kappa shape index (κ2) is 60.7. The van der Waals surface area contributed by atoms with Crippen LogP contribution in [-0.4, -0.2) is 165 Å². The number of ether oxygens (including phenoxy) is 9. The molecule has 3 aliphatic rings. The predicted molar refractivity (Wildman–Crippen MR) is 328 cm³/mol. The maximum Gasteiger partial charge on any atom is 0.205 e. The first kappa shape index (κ1) is 77.7. The van der Waals surface area contributed by atoms with E-state index in [1.165, 1.54) is 12.1 Å². The molecule has 3 aliphatic heterocycles. The van der Waals surface area contributed by atoms with Gasteiger partial charge in [0, 0.05) is 58.5 Å². The number of halogens is 1. The second-order valence-corrected chi connectivity index (χ2v) is 21.1. The number of benzene rings is 1. The lowest BCUT2D eigenvalue weighted by Crippen LogP contribution is -2.18. The Morgan fingerprint density at radius 2 is 1.13 bits per heavy atom. The smallest absolute Gasteiger partial charge is 0.205 e. The molecule has 3 saturated heterocycles. The fourth-order valence-corrected chi connectivity index (χ4v) is 7.23. The Morgan fingerprint density at radius 3 is 1.56 bits per heavy atom. The molecular weight excluding hydrogens is 1080 g/mol. The molecule has 18 heteroatoms. The number of aliphatic hydroxyl groups excluding tert-OH is 1. The second-order valence-electron chi connectivity index (χ2n) is 17.1. The molecule has 0 bridgehead atoms. The lowest BCUT2D eigenvalue weighted by atomic mass is 10.2. The van der Waals surface area contributed by atoms with Crippen LogP contribution in [-0.2, 0) is 52.3 Å². The summed E-state index contributed by atoms with van der Waals surface area (Å²) in [6.07, 6.45) is 23.4. The fourth-order valence-electron chi connectivity index (χ4n) is 5.84. The molecule has 0 aromatic heterocycles. The van der Waals surface area contributed by atoms with E-state index in [1.807, 2.05) is 0 Å². The van der Waals surface area contributed by atoms with E-state index in [2.05, 4.69) is 93.1 Å². The van der Waals surface area contributed by atoms with E-state index in [0.717, 1.165) is 131 Å². The number of aliphatic hydroxyl groups is 1. The van der Waals surface area contributed by atoms with Crippen LogP contribution in [0.1, 0.15) is 103 Å². The van der Waals surface area contributed by atoms with Gasteiger partial charge in [-0.15, -0.1) is 25.5 Å². The topological polar surface area (TPSA) is 158 Å². The lowest BCUT2D eigenvalue weighted by molar-refractivity contribution is -0.117. The van der Waals surface area contributed by atoms with Crippen LogP contribution in [0.3, 0.4) is 0 Å². The quantitative estimate of drug-likeness (QED) is 0.0187. The number of carbonyl (C=O) groups excluding carboxylic acids is 3. The number of hydrogen-bond acceptors (Lipinski definition) is 13. The summed E-state index contributed by atoms with van der Waals surface area (Å²) in [6, 6.07) is 6.00. The Labute approximate surface area is 482 Å². The van der Waals surface area contributed by atoms with Gasteiger partial charge in [0.05, 0.1) is 90.0 Å². The van der Waals surface area contributed by atoms with Crippen LogP contribution >= 0.6 is 34.3 Å². The highest BCUT2D eigenvalue weighted by atomic mass is 31.1. The molecule has 1 N–H and O–H groups in total. The zero-order chi connectivity index (χ0) is 58.7. The van der Waals surface area contributed by atoms with Crippen LogP contribution in [0.15, 0.2) is 49.6 Å². The largest absolute Gasteiger partial charge is 0.491 e. The average Bonchev–Trinajstić information content (AvgIpc) is 3.99. The standard InChI is InChI=1S/C16H19FO3.C11H17O3P.C11H19O3P.C11H17O2P.C6H11OP.C6H10O/c1-18-11-3-2-4-15-9-10-16(20-15)12-19-14-7-5-13(17)6-8-14;1-15-9-13-7-3-2-4-10(12)5-6-11-8-14-11;1-15-9-13-7-3-2-4-10-5-6-11(8-12)14-10;1-3-4-7-11(12)8-5-6-9-13-10-14-2;1-3-4-5-7-6-8-2;1-3-4-5-6(2)7/h5-8,15-16H,3,9-12H2,1H3;11,15H,3,5-9H2,1H3;10-12,15H,3,5-9H2,1H3;3,14H,1,4,6-7,9-10H2,2H3;1,8H,4-6H2,2H3;3H,1,4-5H2,2H3. The first-order valence-electron chi connectivity index (χ1n) is 26.9. The molecular formula is C61H93FO13P4. The van der Waals surface area contributed by atoms with Gasteiger partial charge in [-0.2, -0.15) is 0 Å². The van der Waals surface area contributed by atoms with Crippen molar-refractivity contribution in [3.8, 4) is 65.5 Å². The molecule has 79 heavy (non-hydrogen) atoms. The highest BCUT2D eigenvalue weighted by Crippen LogP contribution is 2.21. The number of epoxide rings is 1. The number of terminal acetylenes is 1. The molecule has 4 rings (SSSR count). The maximum atomic E-state index is 12.7. The maximum absolute atomic E-state index is 12.7. The Kier molecular flexibility index (Phi) is 59.7. The van der Waals surface area contributed by atoms with Crippen LogP contribution in [0.2, 0.25) is 0 Å². The molecule has 0 aliphatic carbocycles. The van der Waals surface area contributed by atoms with E-state index in [9.17, 15) is 18.8 Å². The molecule has 3 fully saturated rings. The van der Waals surface area contributed by atoms with Crippen LogP contribution < -0.4 is 4.74 Å². The highest BCUT2D eigenvalue weighted by molar-refractivity contribution is 7.37. The van der Waals surface area contributed by atoms with Crippen LogP contribution in [0, 0.1) is 65.5 Å². The number of carbonyl (C=O) groups is 3. The van der Waals surface area contributed by atoms with Crippen LogP contribution in [0.5, 0.6) is 5.75 Å². The number of methoxy groups -OCH3 is 1. The third-order valence-corrected chi connectivity index (χ3v) is 11.9. The van der Waals surface area contributed by atoms with Gasteiger partial charge in [-0.25, -0.2) is 4.39 Å². The number of Topliss-reactive ketones (excluding diaryl/α,β-unsaturated/α-hetero) is 3. The van der Waals surface area contributed by atoms with E-state index >= 15 is 0 Å². The van der Waals surface area contributed by atoms with Crippen molar-refractivity contribution in [3.63, 3.8) is 0 Å². The average molecular weight is 1180 g/mol. The highest BCUT2D eigenvalue weighted by Gasteiger charge is 2.25. The summed E-state index contributed by atoms with van der Waals surface area (Å²) < 4.78 is 60.4. The fraction of sp³-hybridized carbons (Fsp3) is 0.623. The third-order valence-electron chi connectivity index (χ3n) is 9.94. The Hall–Kier alpha value is -3.40. The van der Waals surface area contributed by atoms with Crippen molar-refractivity contribution in [2.24, 2.45) is 0 Å². The first-order valence-corrected chi connectivity index (χ1v) is 33.7. The third kappa shape index (κ3) is 57.6. The minimum absolute atomic E-state index is 0.00170. The minimum Gasteiger partial charge on any atom is -0.491 e. The number of hydrogen-bond donors (Lipinski definition) is 1. The van der Waals surface area contributed by atoms with Crippen molar-refractivity contribution in [1.82, 2.24) is 0 Å². The normalized spacial score (nSPS) is 17.3. The van der Waals surface area contributed by atoms with Gasteiger partial charge in [-0.3, -0.25) is 9.59 Å². The molecule has 0 saturated carbocycles. The molecule has 442 valence electrons. The van der Waals surface area contributed by atoms with Crippen molar-refractivity contribution < 1.29 is 66.5 Å². The number of ketones is 3. The Bertz CT molecular complexity index is 2000. The van der Waals surface area contributed by atoms with Gasteiger partial charge in [0.1, 0.15) is 36.2 Å². The monoisotopic (exact) mass is 1180 g/mol. The molecule has 9 unspecified atom stereocenters. The van der Waals surface area contributed by atoms with Gasteiger partial charge in [0.15, 0.2) is 0 Å². The van der Waals surface area contributed by atoms with Gasteiger partial charge >= 0.3 is 0 Å². The summed E-state index contributed by atoms with van der Waals surface area (Å²) in [5, 5.41) is 8.86. The van der Waals surface area contributed by atoms with Crippen LogP contribution in [0.25, 0.3) is 0 Å². The minimum atomic E-state index is -0.263. The first-order chi connectivity index (χ1) is 38.5. The molecule has 1 aromatic carbocycles. The Balaban J connectivity index is 0. The molecule has 0 amide bonds. The zero-order valence-corrected chi connectivity index (χ0v) is 52.2. The molecule has 0 spiro atoms. The van der Waals surface area contributed by atoms with Crippen molar-refractivity contribution in [2.45, 2.75) is 134 Å². The summed E-state index contributed by atoms with van der Waals surface area (Å²) in [4.78, 5) is 32.4. The van der Waals surface area contributed by atoms with E-state index < -0.39 is 0 Å². The van der Waals surface area contributed by atoms with E-state index in [1.54, 1.807) is 38.3 Å². The number of allylic oxidation sites excluding steroid dienone is 2.